The summed E-state index contributed by atoms with van der Waals surface area (Å²) in [5, 5.41) is 3.65. The van der Waals surface area contributed by atoms with Gasteiger partial charge in [-0.2, -0.15) is 0 Å². The molecule has 0 saturated heterocycles. The Morgan fingerprint density at radius 2 is 1.89 bits per heavy atom. The zero-order valence-corrected chi connectivity index (χ0v) is 10.4. The van der Waals surface area contributed by atoms with Crippen LogP contribution < -0.4 is 5.73 Å². The summed E-state index contributed by atoms with van der Waals surface area (Å²) in [5.41, 5.74) is 6.86. The third-order valence-electron chi connectivity index (χ3n) is 2.83. The molecule has 2 aromatic rings. The van der Waals surface area contributed by atoms with Crippen LogP contribution in [0.4, 0.5) is 14.6 Å². The van der Waals surface area contributed by atoms with Crippen LogP contribution >= 0.6 is 0 Å². The van der Waals surface area contributed by atoms with Crippen molar-refractivity contribution in [3.63, 3.8) is 0 Å². The Kier molecular flexibility index (Phi) is 3.07. The molecule has 18 heavy (non-hydrogen) atoms. The van der Waals surface area contributed by atoms with E-state index in [0.29, 0.717) is 11.1 Å². The molecule has 0 radical (unpaired) electrons. The Bertz CT molecular complexity index is 591. The molecule has 0 fully saturated rings. The van der Waals surface area contributed by atoms with Gasteiger partial charge in [-0.05, 0) is 24.5 Å². The number of nitrogens with zero attached hydrogens (tertiary/aromatic N) is 1. The van der Waals surface area contributed by atoms with Crippen molar-refractivity contribution < 1.29 is 13.3 Å². The third-order valence-corrected chi connectivity index (χ3v) is 2.83. The van der Waals surface area contributed by atoms with E-state index in [0.717, 1.165) is 6.07 Å². The molecular formula is C13H14F2N2O. The monoisotopic (exact) mass is 252 g/mol. The van der Waals surface area contributed by atoms with Gasteiger partial charge in [-0.1, -0.05) is 19.0 Å². The molecule has 1 heterocycles. The van der Waals surface area contributed by atoms with Gasteiger partial charge in [-0.25, -0.2) is 8.78 Å². The van der Waals surface area contributed by atoms with Gasteiger partial charge in [0, 0.05) is 11.6 Å². The third kappa shape index (κ3) is 1.96. The molecule has 96 valence electrons. The van der Waals surface area contributed by atoms with E-state index in [9.17, 15) is 8.78 Å². The van der Waals surface area contributed by atoms with Gasteiger partial charge < -0.3 is 10.3 Å². The number of nitrogen functional groups attached to an aromatic ring is 1. The van der Waals surface area contributed by atoms with Crippen molar-refractivity contribution in [2.75, 3.05) is 5.73 Å². The van der Waals surface area contributed by atoms with E-state index in [1.165, 1.54) is 6.07 Å². The Morgan fingerprint density at radius 1 is 1.22 bits per heavy atom. The summed E-state index contributed by atoms with van der Waals surface area (Å²) in [5.74, 6) is -0.730. The van der Waals surface area contributed by atoms with E-state index in [1.807, 2.05) is 13.8 Å². The average molecular weight is 252 g/mol. The van der Waals surface area contributed by atoms with Crippen LogP contribution in [-0.2, 0) is 0 Å². The fourth-order valence-electron chi connectivity index (χ4n) is 1.89. The summed E-state index contributed by atoms with van der Waals surface area (Å²) in [6, 6.07) is 2.24. The van der Waals surface area contributed by atoms with E-state index in [4.69, 9.17) is 10.3 Å². The van der Waals surface area contributed by atoms with Crippen molar-refractivity contribution in [3.05, 3.63) is 34.9 Å². The normalized spacial score (nSPS) is 11.2. The molecule has 0 bridgehead atoms. The van der Waals surface area contributed by atoms with Gasteiger partial charge >= 0.3 is 0 Å². The molecule has 0 aliphatic rings. The summed E-state index contributed by atoms with van der Waals surface area (Å²) in [6.45, 7) is 5.37. The molecule has 0 atom stereocenters. The van der Waals surface area contributed by atoms with Crippen LogP contribution in [0.1, 0.15) is 30.9 Å². The number of hydrogen-bond acceptors (Lipinski definition) is 3. The van der Waals surface area contributed by atoms with Crippen LogP contribution in [0.5, 0.6) is 0 Å². The Labute approximate surface area is 104 Å². The van der Waals surface area contributed by atoms with E-state index < -0.39 is 11.6 Å². The van der Waals surface area contributed by atoms with Crippen LogP contribution in [0.2, 0.25) is 0 Å². The zero-order chi connectivity index (χ0) is 13.4. The number of halogens is 2. The number of aryl methyl sites for hydroxylation is 1. The lowest BCUT2D eigenvalue weighted by molar-refractivity contribution is 0.431. The predicted molar refractivity (Wildman–Crippen MR) is 65.1 cm³/mol. The van der Waals surface area contributed by atoms with E-state index in [-0.39, 0.29) is 23.1 Å². The molecule has 0 aliphatic carbocycles. The Hall–Kier alpha value is -1.91. The van der Waals surface area contributed by atoms with Gasteiger partial charge in [0.25, 0.3) is 0 Å². The second-order valence-electron chi connectivity index (χ2n) is 4.55. The first-order valence-corrected chi connectivity index (χ1v) is 5.63. The van der Waals surface area contributed by atoms with Gasteiger partial charge in [0.2, 0.25) is 0 Å². The smallest absolute Gasteiger partial charge is 0.175 e. The second-order valence-corrected chi connectivity index (χ2v) is 4.55. The van der Waals surface area contributed by atoms with Crippen molar-refractivity contribution >= 4 is 5.82 Å². The van der Waals surface area contributed by atoms with Crippen LogP contribution in [0, 0.1) is 18.6 Å². The highest BCUT2D eigenvalue weighted by Crippen LogP contribution is 2.35. The first kappa shape index (κ1) is 12.5. The molecule has 5 heteroatoms. The van der Waals surface area contributed by atoms with Gasteiger partial charge in [0.1, 0.15) is 11.6 Å². The van der Waals surface area contributed by atoms with Crippen molar-refractivity contribution in [3.8, 4) is 11.3 Å². The lowest BCUT2D eigenvalue weighted by Gasteiger charge is -2.07. The minimum absolute atomic E-state index is 0.0380. The maximum absolute atomic E-state index is 13.8. The largest absolute Gasteiger partial charge is 0.381 e. The number of aromatic nitrogens is 1. The van der Waals surface area contributed by atoms with Gasteiger partial charge in [-0.15, -0.1) is 0 Å². The first-order chi connectivity index (χ1) is 8.41. The molecule has 3 nitrogen and oxygen atoms in total. The fourth-order valence-corrected chi connectivity index (χ4v) is 1.89. The van der Waals surface area contributed by atoms with Gasteiger partial charge in [-0.3, -0.25) is 0 Å². The number of benzene rings is 1. The lowest BCUT2D eigenvalue weighted by atomic mass is 9.98. The van der Waals surface area contributed by atoms with Crippen molar-refractivity contribution in [2.45, 2.75) is 26.7 Å². The van der Waals surface area contributed by atoms with Gasteiger partial charge in [0.05, 0.1) is 5.56 Å². The quantitative estimate of drug-likeness (QED) is 0.887. The number of hydrogen-bond donors (Lipinski definition) is 1. The summed E-state index contributed by atoms with van der Waals surface area (Å²) in [6.07, 6.45) is 0. The zero-order valence-electron chi connectivity index (χ0n) is 10.4. The van der Waals surface area contributed by atoms with E-state index in [2.05, 4.69) is 5.16 Å². The van der Waals surface area contributed by atoms with E-state index >= 15 is 0 Å². The second kappa shape index (κ2) is 4.40. The van der Waals surface area contributed by atoms with Crippen LogP contribution in [0.3, 0.4) is 0 Å². The van der Waals surface area contributed by atoms with Crippen LogP contribution in [0.15, 0.2) is 16.7 Å². The maximum Gasteiger partial charge on any atom is 0.175 e. The fraction of sp³-hybridized carbons (Fsp3) is 0.308. The van der Waals surface area contributed by atoms with Crippen LogP contribution in [-0.4, -0.2) is 5.16 Å². The number of rotatable bonds is 2. The van der Waals surface area contributed by atoms with Gasteiger partial charge in [0.15, 0.2) is 11.6 Å². The highest BCUT2D eigenvalue weighted by Gasteiger charge is 2.22. The molecule has 1 aromatic heterocycles. The Balaban J connectivity index is 2.66. The number of anilines is 1. The Morgan fingerprint density at radius 3 is 2.50 bits per heavy atom. The van der Waals surface area contributed by atoms with Crippen molar-refractivity contribution in [1.82, 2.24) is 5.16 Å². The summed E-state index contributed by atoms with van der Waals surface area (Å²) in [7, 11) is 0. The molecule has 1 aromatic carbocycles. The molecule has 0 spiro atoms. The highest BCUT2D eigenvalue weighted by molar-refractivity contribution is 5.68. The molecule has 0 amide bonds. The molecule has 0 aliphatic heterocycles. The molecule has 2 rings (SSSR count). The lowest BCUT2D eigenvalue weighted by Crippen LogP contribution is -1.97. The van der Waals surface area contributed by atoms with E-state index in [1.54, 1.807) is 6.92 Å². The van der Waals surface area contributed by atoms with Crippen molar-refractivity contribution in [1.29, 1.82) is 0 Å². The topological polar surface area (TPSA) is 52.0 Å². The first-order valence-electron chi connectivity index (χ1n) is 5.63. The standard InChI is InChI=1S/C13H14F2N2O/c1-6(2)11-12(18-17-13(11)16)8-4-7(3)9(14)5-10(8)15/h4-6H,1-3H3,(H2,16,17). The average Bonchev–Trinajstić information content (AvgIpc) is 2.65. The minimum Gasteiger partial charge on any atom is -0.381 e. The molecule has 0 saturated carbocycles. The maximum atomic E-state index is 13.8. The van der Waals surface area contributed by atoms with Crippen molar-refractivity contribution in [2.24, 2.45) is 0 Å². The number of nitrogens with two attached hydrogens (primary N) is 1. The summed E-state index contributed by atoms with van der Waals surface area (Å²) < 4.78 is 32.1. The summed E-state index contributed by atoms with van der Waals surface area (Å²) >= 11 is 0. The molecule has 2 N–H and O–H groups in total. The molecular weight excluding hydrogens is 238 g/mol. The molecule has 0 unspecified atom stereocenters. The predicted octanol–water partition coefficient (Wildman–Crippen LogP) is 3.63. The highest BCUT2D eigenvalue weighted by atomic mass is 19.1. The SMILES string of the molecule is Cc1cc(-c2onc(N)c2C(C)C)c(F)cc1F. The van der Waals surface area contributed by atoms with Crippen LogP contribution in [0.25, 0.3) is 11.3 Å². The summed E-state index contributed by atoms with van der Waals surface area (Å²) in [4.78, 5) is 0. The minimum atomic E-state index is -0.684.